The Morgan fingerprint density at radius 3 is 2.23 bits per heavy atom. The van der Waals surface area contributed by atoms with Crippen LogP contribution >= 0.6 is 23.2 Å². The maximum Gasteiger partial charge on any atom is 0.264 e. The molecule has 3 aromatic carbocycles. The number of benzene rings is 3. The van der Waals surface area contributed by atoms with Crippen LogP contribution < -0.4 is 9.62 Å². The summed E-state index contributed by atoms with van der Waals surface area (Å²) in [6.07, 6.45) is 0.717. The summed E-state index contributed by atoms with van der Waals surface area (Å²) >= 11 is 12.6. The molecule has 0 spiro atoms. The summed E-state index contributed by atoms with van der Waals surface area (Å²) in [4.78, 5) is 28.4. The molecule has 0 saturated heterocycles. The zero-order chi connectivity index (χ0) is 28.7. The van der Waals surface area contributed by atoms with Crippen molar-refractivity contribution in [2.45, 2.75) is 57.6 Å². The molecule has 0 fully saturated rings. The molecule has 0 aliphatic carbocycles. The molecule has 1 N–H and O–H groups in total. The van der Waals surface area contributed by atoms with Gasteiger partial charge in [0.25, 0.3) is 10.0 Å². The highest BCUT2D eigenvalue weighted by molar-refractivity contribution is 7.92. The molecule has 3 aromatic rings. The highest BCUT2D eigenvalue weighted by Crippen LogP contribution is 2.27. The molecule has 0 unspecified atom stereocenters. The number of sulfonamides is 1. The number of hydrogen-bond acceptors (Lipinski definition) is 4. The van der Waals surface area contributed by atoms with Crippen molar-refractivity contribution < 1.29 is 18.0 Å². The Labute approximate surface area is 240 Å². The number of carbonyl (C=O) groups excluding carboxylic acids is 2. The number of amides is 2. The van der Waals surface area contributed by atoms with Gasteiger partial charge in [0, 0.05) is 22.6 Å². The van der Waals surface area contributed by atoms with Gasteiger partial charge >= 0.3 is 0 Å². The van der Waals surface area contributed by atoms with Gasteiger partial charge < -0.3 is 10.2 Å². The fourth-order valence-corrected chi connectivity index (χ4v) is 5.64. The van der Waals surface area contributed by atoms with Gasteiger partial charge in [0.2, 0.25) is 11.8 Å². The lowest BCUT2D eigenvalue weighted by Gasteiger charge is -2.32. The SMILES string of the molecule is CC[C@H](C)NC(=O)[C@@H](C)N(Cc1ccccc1Cl)C(=O)CN(c1cccc(Cl)c1)S(=O)(=O)c1ccc(C)cc1. The molecule has 39 heavy (non-hydrogen) atoms. The minimum atomic E-state index is -4.17. The summed E-state index contributed by atoms with van der Waals surface area (Å²) in [6, 6.07) is 18.7. The predicted molar refractivity (Wildman–Crippen MR) is 157 cm³/mol. The normalized spacial score (nSPS) is 12.9. The Bertz CT molecular complexity index is 1410. The summed E-state index contributed by atoms with van der Waals surface area (Å²) in [6.45, 7) is 6.75. The number of rotatable bonds is 11. The predicted octanol–water partition coefficient (Wildman–Crippen LogP) is 5.83. The number of hydrogen-bond donors (Lipinski definition) is 1. The van der Waals surface area contributed by atoms with Gasteiger partial charge in [-0.05, 0) is 69.2 Å². The summed E-state index contributed by atoms with van der Waals surface area (Å²) in [5, 5.41) is 3.66. The van der Waals surface area contributed by atoms with E-state index in [2.05, 4.69) is 5.32 Å². The van der Waals surface area contributed by atoms with Crippen LogP contribution in [0, 0.1) is 6.92 Å². The molecule has 0 aliphatic heterocycles. The first-order chi connectivity index (χ1) is 18.4. The zero-order valence-electron chi connectivity index (χ0n) is 22.4. The molecule has 3 rings (SSSR count). The van der Waals surface area contributed by atoms with Crippen LogP contribution in [0.3, 0.4) is 0 Å². The Morgan fingerprint density at radius 1 is 0.949 bits per heavy atom. The fraction of sp³-hybridized carbons (Fsp3) is 0.310. The average molecular weight is 591 g/mol. The molecule has 0 radical (unpaired) electrons. The van der Waals surface area contributed by atoms with E-state index in [1.54, 1.807) is 61.5 Å². The van der Waals surface area contributed by atoms with Gasteiger partial charge in [-0.3, -0.25) is 13.9 Å². The van der Waals surface area contributed by atoms with Crippen LogP contribution in [0.1, 0.15) is 38.3 Å². The number of nitrogens with one attached hydrogen (secondary N) is 1. The summed E-state index contributed by atoms with van der Waals surface area (Å²) in [7, 11) is -4.17. The maximum absolute atomic E-state index is 13.9. The van der Waals surface area contributed by atoms with Crippen molar-refractivity contribution in [3.05, 3.63) is 94.0 Å². The van der Waals surface area contributed by atoms with Gasteiger partial charge in [-0.2, -0.15) is 0 Å². The quantitative estimate of drug-likeness (QED) is 0.305. The standard InChI is InChI=1S/C29H33Cl2N3O4S/c1-5-21(3)32-29(36)22(4)33(18-23-9-6-7-12-27(23)31)28(35)19-34(25-11-8-10-24(30)17-25)39(37,38)26-15-13-20(2)14-16-26/h6-17,21-22H,5,18-19H2,1-4H3,(H,32,36)/t21-,22+/m0/s1. The molecule has 208 valence electrons. The van der Waals surface area contributed by atoms with Gasteiger partial charge in [0.05, 0.1) is 10.6 Å². The second-order valence-corrected chi connectivity index (χ2v) is 12.1. The highest BCUT2D eigenvalue weighted by Gasteiger charge is 2.33. The third-order valence-electron chi connectivity index (χ3n) is 6.45. The molecule has 10 heteroatoms. The lowest BCUT2D eigenvalue weighted by Crippen LogP contribution is -2.52. The summed E-state index contributed by atoms with van der Waals surface area (Å²) in [5.41, 5.74) is 1.75. The Balaban J connectivity index is 2.04. The van der Waals surface area contributed by atoms with Crippen molar-refractivity contribution in [1.82, 2.24) is 10.2 Å². The second kappa shape index (κ2) is 13.3. The van der Waals surface area contributed by atoms with E-state index in [4.69, 9.17) is 23.2 Å². The van der Waals surface area contributed by atoms with E-state index in [1.165, 1.54) is 23.1 Å². The van der Waals surface area contributed by atoms with Crippen LogP contribution in [-0.2, 0) is 26.2 Å². The highest BCUT2D eigenvalue weighted by atomic mass is 35.5. The van der Waals surface area contributed by atoms with Gasteiger partial charge in [0.15, 0.2) is 0 Å². The molecule has 0 aromatic heterocycles. The number of carbonyl (C=O) groups is 2. The molecular weight excluding hydrogens is 557 g/mol. The minimum Gasteiger partial charge on any atom is -0.352 e. The van der Waals surface area contributed by atoms with Crippen molar-refractivity contribution in [3.63, 3.8) is 0 Å². The zero-order valence-corrected chi connectivity index (χ0v) is 24.7. The van der Waals surface area contributed by atoms with Crippen LogP contribution in [0.15, 0.2) is 77.7 Å². The number of anilines is 1. The van der Waals surface area contributed by atoms with E-state index in [1.807, 2.05) is 20.8 Å². The summed E-state index contributed by atoms with van der Waals surface area (Å²) < 4.78 is 28.7. The molecule has 7 nitrogen and oxygen atoms in total. The largest absolute Gasteiger partial charge is 0.352 e. The van der Waals surface area contributed by atoms with Gasteiger partial charge in [-0.1, -0.05) is 72.1 Å². The molecular formula is C29H33Cl2N3O4S. The van der Waals surface area contributed by atoms with Crippen molar-refractivity contribution >= 4 is 50.7 Å². The van der Waals surface area contributed by atoms with E-state index in [0.29, 0.717) is 22.0 Å². The maximum atomic E-state index is 13.9. The third kappa shape index (κ3) is 7.75. The van der Waals surface area contributed by atoms with Crippen LogP contribution in [0.2, 0.25) is 10.0 Å². The van der Waals surface area contributed by atoms with Crippen LogP contribution in [0.25, 0.3) is 0 Å². The third-order valence-corrected chi connectivity index (χ3v) is 8.84. The first-order valence-corrected chi connectivity index (χ1v) is 14.8. The number of nitrogens with zero attached hydrogens (tertiary/aromatic N) is 2. The van der Waals surface area contributed by atoms with E-state index in [-0.39, 0.29) is 29.1 Å². The minimum absolute atomic E-state index is 0.0154. The lowest BCUT2D eigenvalue weighted by atomic mass is 10.1. The Hall–Kier alpha value is -3.07. The monoisotopic (exact) mass is 589 g/mol. The van der Waals surface area contributed by atoms with E-state index in [9.17, 15) is 18.0 Å². The lowest BCUT2D eigenvalue weighted by molar-refractivity contribution is -0.139. The number of halogens is 2. The first kappa shape index (κ1) is 30.5. The van der Waals surface area contributed by atoms with Gasteiger partial charge in [0.1, 0.15) is 12.6 Å². The average Bonchev–Trinajstić information content (AvgIpc) is 2.90. The smallest absolute Gasteiger partial charge is 0.264 e. The van der Waals surface area contributed by atoms with Crippen molar-refractivity contribution in [1.29, 1.82) is 0 Å². The van der Waals surface area contributed by atoms with Gasteiger partial charge in [-0.25, -0.2) is 8.42 Å². The van der Waals surface area contributed by atoms with E-state index >= 15 is 0 Å². The van der Waals surface area contributed by atoms with Crippen molar-refractivity contribution in [3.8, 4) is 0 Å². The van der Waals surface area contributed by atoms with Gasteiger partial charge in [-0.15, -0.1) is 0 Å². The Morgan fingerprint density at radius 2 is 1.62 bits per heavy atom. The molecule has 0 saturated carbocycles. The van der Waals surface area contributed by atoms with Crippen molar-refractivity contribution in [2.75, 3.05) is 10.8 Å². The molecule has 0 heterocycles. The molecule has 0 bridgehead atoms. The molecule has 2 atom stereocenters. The molecule has 2 amide bonds. The summed E-state index contributed by atoms with van der Waals surface area (Å²) in [5.74, 6) is -0.919. The van der Waals surface area contributed by atoms with E-state index < -0.39 is 28.5 Å². The second-order valence-electron chi connectivity index (χ2n) is 9.41. The van der Waals surface area contributed by atoms with E-state index in [0.717, 1.165) is 9.87 Å². The first-order valence-electron chi connectivity index (χ1n) is 12.6. The van der Waals surface area contributed by atoms with Crippen LogP contribution in [0.5, 0.6) is 0 Å². The topological polar surface area (TPSA) is 86.8 Å². The van der Waals surface area contributed by atoms with Crippen LogP contribution in [-0.4, -0.2) is 43.8 Å². The Kier molecular flexibility index (Phi) is 10.4. The van der Waals surface area contributed by atoms with Crippen molar-refractivity contribution in [2.24, 2.45) is 0 Å². The van der Waals surface area contributed by atoms with Crippen LogP contribution in [0.4, 0.5) is 5.69 Å². The number of aryl methyl sites for hydroxylation is 1. The fourth-order valence-electron chi connectivity index (χ4n) is 3.86. The molecule has 0 aliphatic rings.